The van der Waals surface area contributed by atoms with Crippen molar-refractivity contribution in [3.8, 4) is 5.75 Å². The summed E-state index contributed by atoms with van der Waals surface area (Å²) in [6, 6.07) is 15.4. The average molecular weight is 309 g/mol. The molecule has 0 aliphatic heterocycles. The molecule has 1 aromatic heterocycles. The summed E-state index contributed by atoms with van der Waals surface area (Å²) >= 11 is 0. The third kappa shape index (κ3) is 3.21. The zero-order chi connectivity index (χ0) is 16.2. The van der Waals surface area contributed by atoms with Gasteiger partial charge < -0.3 is 14.5 Å². The Morgan fingerprint density at radius 1 is 1.13 bits per heavy atom. The van der Waals surface area contributed by atoms with E-state index in [2.05, 4.69) is 5.32 Å². The minimum absolute atomic E-state index is 0.0963. The van der Waals surface area contributed by atoms with E-state index >= 15 is 0 Å². The minimum atomic E-state index is -0.0963. The largest absolute Gasteiger partial charge is 0.497 e. The normalized spacial score (nSPS) is 10.7. The van der Waals surface area contributed by atoms with Gasteiger partial charge in [0.15, 0.2) is 0 Å². The molecule has 0 atom stereocenters. The second-order valence-corrected chi connectivity index (χ2v) is 5.38. The molecule has 0 aliphatic carbocycles. The van der Waals surface area contributed by atoms with E-state index in [9.17, 15) is 4.79 Å². The van der Waals surface area contributed by atoms with Crippen molar-refractivity contribution in [1.82, 2.24) is 5.32 Å². The Morgan fingerprint density at radius 2 is 1.87 bits per heavy atom. The van der Waals surface area contributed by atoms with Crippen LogP contribution in [0.2, 0.25) is 0 Å². The molecule has 0 aliphatic rings. The lowest BCUT2D eigenvalue weighted by molar-refractivity contribution is 0.0954. The number of benzene rings is 2. The number of furan rings is 1. The molecule has 0 saturated carbocycles. The molecule has 3 aromatic rings. The molecular weight excluding hydrogens is 290 g/mol. The molecule has 23 heavy (non-hydrogen) atoms. The van der Waals surface area contributed by atoms with Crippen molar-refractivity contribution in [2.24, 2.45) is 0 Å². The van der Waals surface area contributed by atoms with Gasteiger partial charge in [0.05, 0.1) is 12.7 Å². The van der Waals surface area contributed by atoms with Crippen LogP contribution in [0.4, 0.5) is 0 Å². The van der Waals surface area contributed by atoms with Gasteiger partial charge >= 0.3 is 0 Å². The Balaban J connectivity index is 1.65. The minimum Gasteiger partial charge on any atom is -0.497 e. The van der Waals surface area contributed by atoms with E-state index in [1.807, 2.05) is 55.5 Å². The maximum Gasteiger partial charge on any atom is 0.255 e. The van der Waals surface area contributed by atoms with Crippen LogP contribution in [-0.4, -0.2) is 19.6 Å². The predicted octanol–water partition coefficient (Wildman–Crippen LogP) is 3.72. The first-order chi connectivity index (χ1) is 11.2. The molecular formula is C19H19NO3. The van der Waals surface area contributed by atoms with Crippen LogP contribution in [0, 0.1) is 6.92 Å². The fraction of sp³-hybridized carbons (Fsp3) is 0.211. The summed E-state index contributed by atoms with van der Waals surface area (Å²) < 4.78 is 10.8. The predicted molar refractivity (Wildman–Crippen MR) is 90.0 cm³/mol. The molecule has 2 aromatic carbocycles. The van der Waals surface area contributed by atoms with Crippen LogP contribution in [0.3, 0.4) is 0 Å². The molecule has 4 heteroatoms. The molecule has 0 fully saturated rings. The van der Waals surface area contributed by atoms with Crippen molar-refractivity contribution >= 4 is 16.9 Å². The quantitative estimate of drug-likeness (QED) is 0.781. The Morgan fingerprint density at radius 3 is 2.61 bits per heavy atom. The summed E-state index contributed by atoms with van der Waals surface area (Å²) in [5, 5.41) is 3.82. The van der Waals surface area contributed by atoms with Crippen LogP contribution in [0.1, 0.15) is 21.7 Å². The van der Waals surface area contributed by atoms with Crippen molar-refractivity contribution in [3.63, 3.8) is 0 Å². The van der Waals surface area contributed by atoms with Crippen molar-refractivity contribution < 1.29 is 13.9 Å². The highest BCUT2D eigenvalue weighted by Crippen LogP contribution is 2.24. The van der Waals surface area contributed by atoms with Crippen molar-refractivity contribution in [2.75, 3.05) is 13.7 Å². The Labute approximate surface area is 135 Å². The lowest BCUT2D eigenvalue weighted by Gasteiger charge is -2.06. The van der Waals surface area contributed by atoms with Gasteiger partial charge in [-0.1, -0.05) is 30.3 Å². The summed E-state index contributed by atoms with van der Waals surface area (Å²) in [6.45, 7) is 2.39. The van der Waals surface area contributed by atoms with Crippen LogP contribution < -0.4 is 10.1 Å². The number of methoxy groups -OCH3 is 1. The number of ether oxygens (including phenoxy) is 1. The first-order valence-corrected chi connectivity index (χ1v) is 7.58. The molecule has 118 valence electrons. The van der Waals surface area contributed by atoms with E-state index in [-0.39, 0.29) is 5.91 Å². The second kappa shape index (κ2) is 6.57. The van der Waals surface area contributed by atoms with Gasteiger partial charge in [0.25, 0.3) is 5.91 Å². The SMILES string of the molecule is COc1ccc(CCNC(=O)c2c(C)oc3ccccc23)cc1. The van der Waals surface area contributed by atoms with Crippen molar-refractivity contribution in [1.29, 1.82) is 0 Å². The van der Waals surface area contributed by atoms with Gasteiger partial charge in [-0.05, 0) is 37.1 Å². The zero-order valence-electron chi connectivity index (χ0n) is 13.3. The van der Waals surface area contributed by atoms with Gasteiger partial charge in [0, 0.05) is 11.9 Å². The van der Waals surface area contributed by atoms with E-state index in [1.165, 1.54) is 0 Å². The number of carbonyl (C=O) groups is 1. The molecule has 0 saturated heterocycles. The number of aryl methyl sites for hydroxylation is 1. The van der Waals surface area contributed by atoms with Gasteiger partial charge in [-0.2, -0.15) is 0 Å². The third-order valence-electron chi connectivity index (χ3n) is 3.86. The van der Waals surface area contributed by atoms with Crippen LogP contribution >= 0.6 is 0 Å². The van der Waals surface area contributed by atoms with Crippen molar-refractivity contribution in [2.45, 2.75) is 13.3 Å². The summed E-state index contributed by atoms with van der Waals surface area (Å²) in [6.07, 6.45) is 0.768. The molecule has 0 bridgehead atoms. The fourth-order valence-corrected chi connectivity index (χ4v) is 2.65. The van der Waals surface area contributed by atoms with Gasteiger partial charge in [-0.3, -0.25) is 4.79 Å². The fourth-order valence-electron chi connectivity index (χ4n) is 2.65. The molecule has 1 N–H and O–H groups in total. The van der Waals surface area contributed by atoms with Crippen LogP contribution in [0.5, 0.6) is 5.75 Å². The number of hydrogen-bond acceptors (Lipinski definition) is 3. The van der Waals surface area contributed by atoms with Gasteiger partial charge in [-0.25, -0.2) is 0 Å². The maximum absolute atomic E-state index is 12.4. The van der Waals surface area contributed by atoms with Gasteiger partial charge in [-0.15, -0.1) is 0 Å². The molecule has 0 spiro atoms. The summed E-state index contributed by atoms with van der Waals surface area (Å²) in [5.74, 6) is 1.38. The standard InChI is InChI=1S/C19H19NO3/c1-13-18(16-5-3-4-6-17(16)23-13)19(21)20-12-11-14-7-9-15(22-2)10-8-14/h3-10H,11-12H2,1-2H3,(H,20,21). The van der Waals surface area contributed by atoms with E-state index in [0.29, 0.717) is 17.9 Å². The highest BCUT2D eigenvalue weighted by Gasteiger charge is 2.17. The Kier molecular flexibility index (Phi) is 4.33. The van der Waals surface area contributed by atoms with E-state index in [1.54, 1.807) is 7.11 Å². The number of hydrogen-bond donors (Lipinski definition) is 1. The third-order valence-corrected chi connectivity index (χ3v) is 3.86. The van der Waals surface area contributed by atoms with Gasteiger partial charge in [0.1, 0.15) is 17.1 Å². The molecule has 3 rings (SSSR count). The summed E-state index contributed by atoms with van der Waals surface area (Å²) in [5.41, 5.74) is 2.51. The maximum atomic E-state index is 12.4. The monoisotopic (exact) mass is 309 g/mol. The highest BCUT2D eigenvalue weighted by atomic mass is 16.5. The van der Waals surface area contributed by atoms with E-state index < -0.39 is 0 Å². The Bertz CT molecular complexity index is 818. The van der Waals surface area contributed by atoms with Crippen molar-refractivity contribution in [3.05, 3.63) is 65.4 Å². The molecule has 4 nitrogen and oxygen atoms in total. The lowest BCUT2D eigenvalue weighted by atomic mass is 10.1. The van der Waals surface area contributed by atoms with E-state index in [0.717, 1.165) is 28.7 Å². The second-order valence-electron chi connectivity index (χ2n) is 5.38. The summed E-state index contributed by atoms with van der Waals surface area (Å²) in [4.78, 5) is 12.4. The van der Waals surface area contributed by atoms with Gasteiger partial charge in [0.2, 0.25) is 0 Å². The smallest absolute Gasteiger partial charge is 0.255 e. The number of amides is 1. The molecule has 1 heterocycles. The lowest BCUT2D eigenvalue weighted by Crippen LogP contribution is -2.26. The van der Waals surface area contributed by atoms with E-state index in [4.69, 9.17) is 9.15 Å². The molecule has 1 amide bonds. The topological polar surface area (TPSA) is 51.5 Å². The number of carbonyl (C=O) groups excluding carboxylic acids is 1. The zero-order valence-corrected chi connectivity index (χ0v) is 13.3. The first-order valence-electron chi connectivity index (χ1n) is 7.58. The molecule has 0 radical (unpaired) electrons. The molecule has 0 unspecified atom stereocenters. The summed E-state index contributed by atoms with van der Waals surface area (Å²) in [7, 11) is 1.65. The van der Waals surface area contributed by atoms with Crippen LogP contribution in [0.15, 0.2) is 52.9 Å². The van der Waals surface area contributed by atoms with Crippen LogP contribution in [0.25, 0.3) is 11.0 Å². The average Bonchev–Trinajstić information content (AvgIpc) is 2.91. The first kappa shape index (κ1) is 15.2. The Hall–Kier alpha value is -2.75. The highest BCUT2D eigenvalue weighted by molar-refractivity contribution is 6.07. The number of nitrogens with one attached hydrogen (secondary N) is 1. The number of rotatable bonds is 5. The number of fused-ring (bicyclic) bond motifs is 1. The van der Waals surface area contributed by atoms with Crippen LogP contribution in [-0.2, 0) is 6.42 Å². The number of para-hydroxylation sites is 1.